The van der Waals surface area contributed by atoms with Crippen molar-refractivity contribution in [3.63, 3.8) is 0 Å². The summed E-state index contributed by atoms with van der Waals surface area (Å²) in [6.07, 6.45) is 0. The zero-order valence-electron chi connectivity index (χ0n) is 22.9. The molecule has 43 heavy (non-hydrogen) atoms. The van der Waals surface area contributed by atoms with Gasteiger partial charge in [-0.25, -0.2) is 4.98 Å². The lowest BCUT2D eigenvalue weighted by atomic mass is 9.99. The van der Waals surface area contributed by atoms with Crippen molar-refractivity contribution in [2.75, 3.05) is 0 Å². The van der Waals surface area contributed by atoms with Crippen LogP contribution in [0.15, 0.2) is 132 Å². The van der Waals surface area contributed by atoms with Crippen molar-refractivity contribution in [1.82, 2.24) is 13.8 Å². The van der Waals surface area contributed by atoms with E-state index in [0.29, 0.717) is 0 Å². The van der Waals surface area contributed by atoms with E-state index in [4.69, 9.17) is 9.40 Å². The maximum absolute atomic E-state index is 6.51. The number of nitrogens with zero attached hydrogens (tertiary/aromatic N) is 3. The third-order valence-electron chi connectivity index (χ3n) is 9.37. The Morgan fingerprint density at radius 1 is 0.488 bits per heavy atom. The van der Waals surface area contributed by atoms with Gasteiger partial charge in [0.2, 0.25) is 5.78 Å². The SMILES string of the molecule is c1ccc2cc3c(cc2c1)nc1n3c2cc(-c3cccc4c3oc3ccccc34)cc3c4cc5ccccc5cc4n1c32. The Morgan fingerprint density at radius 3 is 2.02 bits per heavy atom. The highest BCUT2D eigenvalue weighted by molar-refractivity contribution is 6.21. The molecule has 0 amide bonds. The van der Waals surface area contributed by atoms with E-state index >= 15 is 0 Å². The minimum Gasteiger partial charge on any atom is -0.455 e. The van der Waals surface area contributed by atoms with Gasteiger partial charge in [0.25, 0.3) is 0 Å². The summed E-state index contributed by atoms with van der Waals surface area (Å²) in [5.74, 6) is 0.940. The summed E-state index contributed by atoms with van der Waals surface area (Å²) in [7, 11) is 0. The molecule has 11 rings (SSSR count). The molecule has 0 aliphatic heterocycles. The second-order valence-corrected chi connectivity index (χ2v) is 11.7. The fourth-order valence-corrected chi connectivity index (χ4v) is 7.45. The maximum atomic E-state index is 6.51. The van der Waals surface area contributed by atoms with Gasteiger partial charge >= 0.3 is 0 Å². The van der Waals surface area contributed by atoms with Crippen LogP contribution in [0.5, 0.6) is 0 Å². The molecule has 0 unspecified atom stereocenters. The number of imidazole rings is 2. The molecule has 4 heteroatoms. The molecule has 0 spiro atoms. The second-order valence-electron chi connectivity index (χ2n) is 11.7. The molecule has 0 aliphatic rings. The quantitative estimate of drug-likeness (QED) is 0.205. The van der Waals surface area contributed by atoms with Crippen LogP contribution in [0.4, 0.5) is 0 Å². The largest absolute Gasteiger partial charge is 0.455 e. The molecule has 4 nitrogen and oxygen atoms in total. The normalized spacial score (nSPS) is 12.7. The average molecular weight is 548 g/mol. The predicted octanol–water partition coefficient (Wildman–Crippen LogP) is 10.4. The first-order valence-corrected chi connectivity index (χ1v) is 14.6. The summed E-state index contributed by atoms with van der Waals surface area (Å²) < 4.78 is 11.2. The molecule has 0 atom stereocenters. The van der Waals surface area contributed by atoms with Crippen LogP contribution >= 0.6 is 0 Å². The van der Waals surface area contributed by atoms with Gasteiger partial charge in [-0.15, -0.1) is 0 Å². The van der Waals surface area contributed by atoms with Crippen molar-refractivity contribution < 1.29 is 4.42 Å². The van der Waals surface area contributed by atoms with Crippen LogP contribution in [-0.2, 0) is 0 Å². The molecule has 0 aliphatic carbocycles. The van der Waals surface area contributed by atoms with E-state index in [1.165, 1.54) is 43.4 Å². The first-order valence-electron chi connectivity index (χ1n) is 14.6. The molecule has 0 fully saturated rings. The topological polar surface area (TPSA) is 34.9 Å². The van der Waals surface area contributed by atoms with E-state index in [1.54, 1.807) is 0 Å². The Balaban J connectivity index is 1.36. The lowest BCUT2D eigenvalue weighted by Crippen LogP contribution is -1.86. The predicted molar refractivity (Wildman–Crippen MR) is 178 cm³/mol. The third kappa shape index (κ3) is 2.69. The van der Waals surface area contributed by atoms with Gasteiger partial charge in [-0.2, -0.15) is 0 Å². The highest BCUT2D eigenvalue weighted by Crippen LogP contribution is 2.43. The van der Waals surface area contributed by atoms with Gasteiger partial charge in [-0.3, -0.25) is 8.80 Å². The van der Waals surface area contributed by atoms with Crippen LogP contribution < -0.4 is 0 Å². The van der Waals surface area contributed by atoms with Crippen molar-refractivity contribution in [2.45, 2.75) is 0 Å². The minimum absolute atomic E-state index is 0.911. The molecule has 0 N–H and O–H groups in total. The van der Waals surface area contributed by atoms with Crippen molar-refractivity contribution in [3.8, 4) is 11.1 Å². The van der Waals surface area contributed by atoms with Gasteiger partial charge in [0.1, 0.15) is 11.2 Å². The van der Waals surface area contributed by atoms with Crippen molar-refractivity contribution in [2.24, 2.45) is 0 Å². The van der Waals surface area contributed by atoms with Gasteiger partial charge in [0, 0.05) is 27.1 Å². The number of hydrogen-bond donors (Lipinski definition) is 0. The van der Waals surface area contributed by atoms with Gasteiger partial charge in [-0.1, -0.05) is 84.9 Å². The highest BCUT2D eigenvalue weighted by Gasteiger charge is 2.23. The number of benzene rings is 7. The Labute approximate surface area is 243 Å². The molecule has 0 saturated carbocycles. The van der Waals surface area contributed by atoms with Gasteiger partial charge < -0.3 is 4.42 Å². The minimum atomic E-state index is 0.911. The standard InChI is InChI=1S/C39H21N3O/c1-3-10-24-19-33-30(16-22(24)8-1)31-17-26(27-13-7-14-29-28-12-5-6-15-36(28)43-38(27)29)21-35-37(31)42(33)39-40-32-18-23-9-2-4-11-25(23)20-34(32)41(35)39/h1-21H. The van der Waals surface area contributed by atoms with Crippen LogP contribution in [0.1, 0.15) is 0 Å². The van der Waals surface area contributed by atoms with E-state index in [-0.39, 0.29) is 0 Å². The number of rotatable bonds is 1. The number of furan rings is 1. The Hall–Kier alpha value is -5.87. The van der Waals surface area contributed by atoms with Crippen LogP contribution in [0, 0.1) is 0 Å². The van der Waals surface area contributed by atoms with E-state index in [0.717, 1.165) is 55.4 Å². The summed E-state index contributed by atoms with van der Waals surface area (Å²) in [5.41, 5.74) is 9.70. The summed E-state index contributed by atoms with van der Waals surface area (Å²) in [5, 5.41) is 9.61. The number of para-hydroxylation sites is 2. The van der Waals surface area contributed by atoms with Crippen LogP contribution in [0.3, 0.4) is 0 Å². The molecule has 0 saturated heterocycles. The van der Waals surface area contributed by atoms with Crippen LogP contribution in [0.2, 0.25) is 0 Å². The second kappa shape index (κ2) is 7.50. The van der Waals surface area contributed by atoms with E-state index in [1.807, 2.05) is 6.07 Å². The molecule has 198 valence electrons. The highest BCUT2D eigenvalue weighted by atomic mass is 16.3. The van der Waals surface area contributed by atoms with E-state index in [9.17, 15) is 0 Å². The monoisotopic (exact) mass is 547 g/mol. The molecule has 4 aromatic heterocycles. The Kier molecular flexibility index (Phi) is 3.80. The number of hydrogen-bond acceptors (Lipinski definition) is 2. The van der Waals surface area contributed by atoms with Gasteiger partial charge in [0.05, 0.1) is 27.6 Å². The average Bonchev–Trinajstić information content (AvgIpc) is 3.78. The number of aromatic nitrogens is 3. The summed E-state index contributed by atoms with van der Waals surface area (Å²) in [4.78, 5) is 5.27. The molecular formula is C39H21N3O. The maximum Gasteiger partial charge on any atom is 0.220 e. The fourth-order valence-electron chi connectivity index (χ4n) is 7.45. The zero-order valence-corrected chi connectivity index (χ0v) is 22.9. The van der Waals surface area contributed by atoms with E-state index < -0.39 is 0 Å². The Morgan fingerprint density at radius 2 is 1.19 bits per heavy atom. The third-order valence-corrected chi connectivity index (χ3v) is 9.37. The van der Waals surface area contributed by atoms with E-state index in [2.05, 4.69) is 130 Å². The smallest absolute Gasteiger partial charge is 0.220 e. The zero-order chi connectivity index (χ0) is 27.8. The molecule has 7 aromatic carbocycles. The molecule has 0 bridgehead atoms. The summed E-state index contributed by atoms with van der Waals surface area (Å²) in [6.45, 7) is 0. The van der Waals surface area contributed by atoms with Crippen molar-refractivity contribution in [3.05, 3.63) is 127 Å². The summed E-state index contributed by atoms with van der Waals surface area (Å²) in [6, 6.07) is 45.8. The molecule has 4 heterocycles. The first-order chi connectivity index (χ1) is 21.3. The van der Waals surface area contributed by atoms with Crippen LogP contribution in [0.25, 0.3) is 98.7 Å². The molecular weight excluding hydrogens is 526 g/mol. The fraction of sp³-hybridized carbons (Fsp3) is 0. The van der Waals surface area contributed by atoms with Gasteiger partial charge in [0.15, 0.2) is 0 Å². The lowest BCUT2D eigenvalue weighted by Gasteiger charge is -2.06. The number of fused-ring (bicyclic) bond motifs is 13. The van der Waals surface area contributed by atoms with Crippen molar-refractivity contribution >= 4 is 87.6 Å². The van der Waals surface area contributed by atoms with Crippen molar-refractivity contribution in [1.29, 1.82) is 0 Å². The first kappa shape index (κ1) is 21.8. The Bertz CT molecular complexity index is 2960. The van der Waals surface area contributed by atoms with Gasteiger partial charge in [-0.05, 0) is 69.6 Å². The van der Waals surface area contributed by atoms with Crippen LogP contribution in [-0.4, -0.2) is 13.8 Å². The molecule has 11 aromatic rings. The molecule has 0 radical (unpaired) electrons. The summed E-state index contributed by atoms with van der Waals surface area (Å²) >= 11 is 0. The lowest BCUT2D eigenvalue weighted by molar-refractivity contribution is 0.670.